The van der Waals surface area contributed by atoms with Crippen molar-refractivity contribution in [3.05, 3.63) is 40.4 Å². The van der Waals surface area contributed by atoms with Crippen molar-refractivity contribution in [3.8, 4) is 5.75 Å². The summed E-state index contributed by atoms with van der Waals surface area (Å²) in [5, 5.41) is 4.60. The van der Waals surface area contributed by atoms with Crippen molar-refractivity contribution >= 4 is 22.1 Å². The van der Waals surface area contributed by atoms with Crippen LogP contribution in [0.25, 0.3) is 0 Å². The van der Waals surface area contributed by atoms with Gasteiger partial charge in [-0.15, -0.1) is 0 Å². The third kappa shape index (κ3) is 4.97. The first-order valence-electron chi connectivity index (χ1n) is 8.97. The molecule has 9 heteroatoms. The van der Waals surface area contributed by atoms with Crippen molar-refractivity contribution in [2.45, 2.75) is 25.9 Å². The van der Waals surface area contributed by atoms with E-state index in [2.05, 4.69) is 10.00 Å². The first-order chi connectivity index (χ1) is 12.7. The van der Waals surface area contributed by atoms with Gasteiger partial charge in [-0.2, -0.15) is 5.10 Å². The van der Waals surface area contributed by atoms with Gasteiger partial charge in [0.25, 0.3) is 0 Å². The van der Waals surface area contributed by atoms with Gasteiger partial charge in [0.15, 0.2) is 14.6 Å². The summed E-state index contributed by atoms with van der Waals surface area (Å²) in [4.78, 5) is 2.08. The molecule has 148 valence electrons. The van der Waals surface area contributed by atoms with Crippen LogP contribution >= 0.6 is 12.2 Å². The second kappa shape index (κ2) is 8.12. The summed E-state index contributed by atoms with van der Waals surface area (Å²) >= 11 is 5.48. The number of benzene rings is 1. The zero-order valence-corrected chi connectivity index (χ0v) is 17.6. The van der Waals surface area contributed by atoms with Gasteiger partial charge >= 0.3 is 0 Å². The maximum Gasteiger partial charge on any atom is 0.198 e. The highest BCUT2D eigenvalue weighted by molar-refractivity contribution is 7.91. The second-order valence-electron chi connectivity index (χ2n) is 7.19. The van der Waals surface area contributed by atoms with Gasteiger partial charge in [-0.05, 0) is 50.3 Å². The minimum absolute atomic E-state index is 0.0714. The van der Waals surface area contributed by atoms with Gasteiger partial charge < -0.3 is 9.30 Å². The molecule has 2 heterocycles. The monoisotopic (exact) mass is 410 g/mol. The predicted molar refractivity (Wildman–Crippen MR) is 107 cm³/mol. The molecule has 1 fully saturated rings. The summed E-state index contributed by atoms with van der Waals surface area (Å²) < 4.78 is 33.5. The van der Waals surface area contributed by atoms with E-state index in [4.69, 9.17) is 17.0 Å². The van der Waals surface area contributed by atoms with Crippen molar-refractivity contribution < 1.29 is 13.2 Å². The molecule has 1 atom stereocenters. The molecule has 1 aromatic heterocycles. The Labute approximate surface area is 165 Å². The summed E-state index contributed by atoms with van der Waals surface area (Å²) in [7, 11) is 0.884. The lowest BCUT2D eigenvalue weighted by molar-refractivity contribution is 0.197. The Kier molecular flexibility index (Phi) is 6.02. The Hall–Kier alpha value is -1.71. The maximum absolute atomic E-state index is 11.8. The van der Waals surface area contributed by atoms with Crippen LogP contribution in [0.15, 0.2) is 24.3 Å². The SMILES string of the molecule is Cc1cccc(OCCN(C)Cn2nc(C3CCS(=O)(=O)C3)n(C)c2=S)c1. The zero-order valence-electron chi connectivity index (χ0n) is 16.0. The third-order valence-electron chi connectivity index (χ3n) is 4.78. The van der Waals surface area contributed by atoms with Gasteiger partial charge in [-0.25, -0.2) is 13.1 Å². The van der Waals surface area contributed by atoms with Crippen LogP contribution in [0.1, 0.15) is 23.7 Å². The number of rotatable bonds is 7. The van der Waals surface area contributed by atoms with E-state index >= 15 is 0 Å². The molecule has 1 unspecified atom stereocenters. The van der Waals surface area contributed by atoms with Crippen molar-refractivity contribution in [3.63, 3.8) is 0 Å². The maximum atomic E-state index is 11.8. The minimum Gasteiger partial charge on any atom is -0.492 e. The summed E-state index contributed by atoms with van der Waals surface area (Å²) in [5.74, 6) is 1.94. The Morgan fingerprint density at radius 3 is 2.85 bits per heavy atom. The van der Waals surface area contributed by atoms with E-state index in [-0.39, 0.29) is 17.4 Å². The molecule has 7 nitrogen and oxygen atoms in total. The fourth-order valence-corrected chi connectivity index (χ4v) is 5.21. The number of hydrogen-bond donors (Lipinski definition) is 0. The topological polar surface area (TPSA) is 69.4 Å². The smallest absolute Gasteiger partial charge is 0.198 e. The lowest BCUT2D eigenvalue weighted by Gasteiger charge is -2.16. The quantitative estimate of drug-likeness (QED) is 0.652. The van der Waals surface area contributed by atoms with E-state index in [0.717, 1.165) is 18.1 Å². The average Bonchev–Trinajstić information content (AvgIpc) is 3.09. The summed E-state index contributed by atoms with van der Waals surface area (Å²) in [6.07, 6.45) is 0.613. The predicted octanol–water partition coefficient (Wildman–Crippen LogP) is 2.13. The van der Waals surface area contributed by atoms with Crippen LogP contribution in [0, 0.1) is 11.7 Å². The molecule has 1 aliphatic rings. The molecule has 27 heavy (non-hydrogen) atoms. The molecular formula is C18H26N4O3S2. The van der Waals surface area contributed by atoms with E-state index in [1.165, 1.54) is 5.56 Å². The molecule has 2 aromatic rings. The van der Waals surface area contributed by atoms with E-state index in [0.29, 0.717) is 24.5 Å². The Bertz CT molecular complexity index is 965. The highest BCUT2D eigenvalue weighted by atomic mass is 32.2. The van der Waals surface area contributed by atoms with Crippen LogP contribution in [0.5, 0.6) is 5.75 Å². The highest BCUT2D eigenvalue weighted by Crippen LogP contribution is 2.27. The Morgan fingerprint density at radius 1 is 1.41 bits per heavy atom. The normalized spacial score (nSPS) is 18.9. The average molecular weight is 411 g/mol. The molecule has 1 saturated heterocycles. The number of hydrogen-bond acceptors (Lipinski definition) is 6. The van der Waals surface area contributed by atoms with Crippen LogP contribution in [0.3, 0.4) is 0 Å². The number of likely N-dealkylation sites (N-methyl/N-ethyl adjacent to an activating group) is 1. The van der Waals surface area contributed by atoms with Gasteiger partial charge in [0.05, 0.1) is 18.2 Å². The molecule has 0 radical (unpaired) electrons. The zero-order chi connectivity index (χ0) is 19.6. The van der Waals surface area contributed by atoms with Crippen LogP contribution in [0.4, 0.5) is 0 Å². The molecule has 3 rings (SSSR count). The molecule has 0 spiro atoms. The van der Waals surface area contributed by atoms with E-state index in [9.17, 15) is 8.42 Å². The van der Waals surface area contributed by atoms with Gasteiger partial charge in [0.2, 0.25) is 0 Å². The molecule has 1 aliphatic heterocycles. The standard InChI is InChI=1S/C18H26N4O3S2/c1-14-5-4-6-16(11-14)25-9-8-20(2)13-22-18(26)21(3)17(19-22)15-7-10-27(23,24)12-15/h4-6,11,15H,7-10,12-13H2,1-3H3. The summed E-state index contributed by atoms with van der Waals surface area (Å²) in [6, 6.07) is 7.97. The Balaban J connectivity index is 1.58. The van der Waals surface area contributed by atoms with Gasteiger partial charge in [-0.1, -0.05) is 12.1 Å². The van der Waals surface area contributed by atoms with Gasteiger partial charge in [0, 0.05) is 19.5 Å². The largest absolute Gasteiger partial charge is 0.492 e. The first kappa shape index (κ1) is 20.0. The number of sulfone groups is 1. The minimum atomic E-state index is -2.95. The molecule has 1 aromatic carbocycles. The molecule has 0 saturated carbocycles. The van der Waals surface area contributed by atoms with Crippen molar-refractivity contribution in [1.29, 1.82) is 0 Å². The van der Waals surface area contributed by atoms with Crippen molar-refractivity contribution in [2.24, 2.45) is 7.05 Å². The van der Waals surface area contributed by atoms with E-state index < -0.39 is 9.84 Å². The lowest BCUT2D eigenvalue weighted by atomic mass is 10.1. The summed E-state index contributed by atoms with van der Waals surface area (Å²) in [6.45, 7) is 3.85. The molecule has 0 aliphatic carbocycles. The van der Waals surface area contributed by atoms with Crippen LogP contribution in [-0.4, -0.2) is 59.4 Å². The fraction of sp³-hybridized carbons (Fsp3) is 0.556. The number of aryl methyl sites for hydroxylation is 1. The Morgan fingerprint density at radius 2 is 2.19 bits per heavy atom. The molecule has 0 bridgehead atoms. The fourth-order valence-electron chi connectivity index (χ4n) is 3.27. The number of ether oxygens (including phenoxy) is 1. The van der Waals surface area contributed by atoms with Crippen LogP contribution < -0.4 is 4.74 Å². The van der Waals surface area contributed by atoms with Gasteiger partial charge in [0.1, 0.15) is 18.2 Å². The summed E-state index contributed by atoms with van der Waals surface area (Å²) in [5.41, 5.74) is 1.17. The molecule has 0 amide bonds. The van der Waals surface area contributed by atoms with Crippen molar-refractivity contribution in [1.82, 2.24) is 19.2 Å². The highest BCUT2D eigenvalue weighted by Gasteiger charge is 2.32. The lowest BCUT2D eigenvalue weighted by Crippen LogP contribution is -2.27. The van der Waals surface area contributed by atoms with E-state index in [1.807, 2.05) is 49.9 Å². The first-order valence-corrected chi connectivity index (χ1v) is 11.2. The third-order valence-corrected chi connectivity index (χ3v) is 7.03. The van der Waals surface area contributed by atoms with E-state index in [1.54, 1.807) is 4.68 Å². The van der Waals surface area contributed by atoms with Crippen LogP contribution in [-0.2, 0) is 23.6 Å². The number of aromatic nitrogens is 3. The van der Waals surface area contributed by atoms with Gasteiger partial charge in [-0.3, -0.25) is 4.90 Å². The molecular weight excluding hydrogens is 384 g/mol. The second-order valence-corrected chi connectivity index (χ2v) is 9.78. The van der Waals surface area contributed by atoms with Crippen LogP contribution in [0.2, 0.25) is 0 Å². The van der Waals surface area contributed by atoms with Crippen molar-refractivity contribution in [2.75, 3.05) is 31.7 Å². The number of nitrogens with zero attached hydrogens (tertiary/aromatic N) is 4. The molecule has 0 N–H and O–H groups in total.